The molecular weight excluding hydrogens is 180 g/mol. The lowest BCUT2D eigenvalue weighted by molar-refractivity contribution is 0.177. The van der Waals surface area contributed by atoms with E-state index < -0.39 is 0 Å². The van der Waals surface area contributed by atoms with E-state index in [4.69, 9.17) is 4.52 Å². The molecule has 0 saturated carbocycles. The minimum Gasteiger partial charge on any atom is -0.338 e. The van der Waals surface area contributed by atoms with Gasteiger partial charge in [0.15, 0.2) is 5.82 Å². The maximum atomic E-state index is 5.08. The van der Waals surface area contributed by atoms with Gasteiger partial charge in [0, 0.05) is 25.7 Å². The van der Waals surface area contributed by atoms with Gasteiger partial charge in [0.2, 0.25) is 5.89 Å². The van der Waals surface area contributed by atoms with Gasteiger partial charge in [-0.05, 0) is 13.8 Å². The largest absolute Gasteiger partial charge is 0.338 e. The van der Waals surface area contributed by atoms with Crippen molar-refractivity contribution in [2.24, 2.45) is 0 Å². The van der Waals surface area contributed by atoms with Gasteiger partial charge in [-0.25, -0.2) is 0 Å². The van der Waals surface area contributed by atoms with Crippen LogP contribution in [0, 0.1) is 6.92 Å². The average molecular weight is 196 g/mol. The molecule has 1 aliphatic heterocycles. The van der Waals surface area contributed by atoms with Crippen LogP contribution in [-0.4, -0.2) is 40.7 Å². The average Bonchev–Trinajstić information content (AvgIpc) is 2.51. The Morgan fingerprint density at radius 1 is 1.64 bits per heavy atom. The third kappa shape index (κ3) is 2.30. The fourth-order valence-electron chi connectivity index (χ4n) is 1.75. The van der Waals surface area contributed by atoms with Gasteiger partial charge in [-0.3, -0.25) is 4.90 Å². The molecule has 0 aliphatic carbocycles. The molecule has 78 valence electrons. The topological polar surface area (TPSA) is 54.2 Å². The van der Waals surface area contributed by atoms with Crippen molar-refractivity contribution in [2.45, 2.75) is 26.4 Å². The maximum absolute atomic E-state index is 5.08. The van der Waals surface area contributed by atoms with Crippen molar-refractivity contribution >= 4 is 0 Å². The van der Waals surface area contributed by atoms with Crippen LogP contribution in [0.5, 0.6) is 0 Å². The molecule has 5 heteroatoms. The van der Waals surface area contributed by atoms with Crippen molar-refractivity contribution in [3.8, 4) is 0 Å². The quantitative estimate of drug-likeness (QED) is 0.731. The first-order chi connectivity index (χ1) is 6.74. The summed E-state index contributed by atoms with van der Waals surface area (Å²) in [5.41, 5.74) is 0. The zero-order valence-corrected chi connectivity index (χ0v) is 8.66. The van der Waals surface area contributed by atoms with Crippen LogP contribution in [0.3, 0.4) is 0 Å². The third-order valence-corrected chi connectivity index (χ3v) is 2.38. The Balaban J connectivity index is 1.90. The van der Waals surface area contributed by atoms with E-state index in [2.05, 4.69) is 27.3 Å². The fourth-order valence-corrected chi connectivity index (χ4v) is 1.75. The normalized spacial score (nSPS) is 24.0. The van der Waals surface area contributed by atoms with Crippen molar-refractivity contribution in [1.29, 1.82) is 0 Å². The molecule has 1 saturated heterocycles. The van der Waals surface area contributed by atoms with Gasteiger partial charge in [0.25, 0.3) is 0 Å². The van der Waals surface area contributed by atoms with E-state index in [0.29, 0.717) is 11.9 Å². The molecule has 0 unspecified atom stereocenters. The lowest BCUT2D eigenvalue weighted by Gasteiger charge is -2.30. The summed E-state index contributed by atoms with van der Waals surface area (Å²) in [5, 5.41) is 7.17. The highest BCUT2D eigenvalue weighted by atomic mass is 16.5. The van der Waals surface area contributed by atoms with Crippen LogP contribution < -0.4 is 5.32 Å². The predicted octanol–water partition coefficient (Wildman–Crippen LogP) is 0.172. The monoisotopic (exact) mass is 196 g/mol. The van der Waals surface area contributed by atoms with Crippen LogP contribution >= 0.6 is 0 Å². The summed E-state index contributed by atoms with van der Waals surface area (Å²) in [5.74, 6) is 1.43. The summed E-state index contributed by atoms with van der Waals surface area (Å²) < 4.78 is 5.08. The molecule has 5 nitrogen and oxygen atoms in total. The molecule has 0 aromatic carbocycles. The molecule has 2 rings (SSSR count). The van der Waals surface area contributed by atoms with E-state index in [-0.39, 0.29) is 0 Å². The molecule has 1 atom stereocenters. The number of aryl methyl sites for hydroxylation is 1. The second-order valence-corrected chi connectivity index (χ2v) is 3.83. The summed E-state index contributed by atoms with van der Waals surface area (Å²) >= 11 is 0. The molecule has 0 bridgehead atoms. The Bertz CT molecular complexity index is 299. The first kappa shape index (κ1) is 9.61. The van der Waals surface area contributed by atoms with Gasteiger partial charge in [-0.2, -0.15) is 4.98 Å². The second-order valence-electron chi connectivity index (χ2n) is 3.83. The van der Waals surface area contributed by atoms with E-state index in [1.165, 1.54) is 0 Å². The van der Waals surface area contributed by atoms with Crippen LogP contribution in [-0.2, 0) is 6.54 Å². The smallest absolute Gasteiger partial charge is 0.240 e. The Morgan fingerprint density at radius 3 is 3.14 bits per heavy atom. The summed E-state index contributed by atoms with van der Waals surface area (Å²) in [6.45, 7) is 7.92. The lowest BCUT2D eigenvalue weighted by atomic mass is 10.2. The van der Waals surface area contributed by atoms with Crippen molar-refractivity contribution in [1.82, 2.24) is 20.4 Å². The van der Waals surface area contributed by atoms with Gasteiger partial charge in [-0.1, -0.05) is 5.16 Å². The summed E-state index contributed by atoms with van der Waals surface area (Å²) in [7, 11) is 0. The number of hydrogen-bond acceptors (Lipinski definition) is 5. The molecular formula is C9H16N4O. The molecule has 1 fully saturated rings. The van der Waals surface area contributed by atoms with E-state index in [0.717, 1.165) is 32.1 Å². The predicted molar refractivity (Wildman–Crippen MR) is 51.8 cm³/mol. The number of hydrogen-bond donors (Lipinski definition) is 1. The number of aromatic nitrogens is 2. The van der Waals surface area contributed by atoms with Gasteiger partial charge in [-0.15, -0.1) is 0 Å². The summed E-state index contributed by atoms with van der Waals surface area (Å²) in [6, 6.07) is 0.549. The van der Waals surface area contributed by atoms with Gasteiger partial charge < -0.3 is 9.84 Å². The SMILES string of the molecule is Cc1noc(CN2CCN[C@@H](C)C2)n1. The zero-order valence-electron chi connectivity index (χ0n) is 8.66. The van der Waals surface area contributed by atoms with Crippen molar-refractivity contribution in [2.75, 3.05) is 19.6 Å². The van der Waals surface area contributed by atoms with Crippen molar-refractivity contribution in [3.05, 3.63) is 11.7 Å². The molecule has 0 spiro atoms. The molecule has 0 amide bonds. The molecule has 1 N–H and O–H groups in total. The fraction of sp³-hybridized carbons (Fsp3) is 0.778. The van der Waals surface area contributed by atoms with E-state index in [9.17, 15) is 0 Å². The Morgan fingerprint density at radius 2 is 2.50 bits per heavy atom. The van der Waals surface area contributed by atoms with E-state index in [1.807, 2.05) is 6.92 Å². The molecule has 1 aromatic rings. The highest BCUT2D eigenvalue weighted by Crippen LogP contribution is 2.05. The minimum atomic E-state index is 0.549. The maximum Gasteiger partial charge on any atom is 0.240 e. The summed E-state index contributed by atoms with van der Waals surface area (Å²) in [4.78, 5) is 6.52. The standard InChI is InChI=1S/C9H16N4O/c1-7-5-13(4-3-10-7)6-9-11-8(2)12-14-9/h7,10H,3-6H2,1-2H3/t7-/m0/s1. The van der Waals surface area contributed by atoms with Crippen LogP contribution in [0.25, 0.3) is 0 Å². The molecule has 0 radical (unpaired) electrons. The Kier molecular flexibility index (Phi) is 2.79. The molecule has 14 heavy (non-hydrogen) atoms. The first-order valence-corrected chi connectivity index (χ1v) is 4.99. The van der Waals surface area contributed by atoms with E-state index in [1.54, 1.807) is 0 Å². The van der Waals surface area contributed by atoms with Crippen LogP contribution in [0.4, 0.5) is 0 Å². The number of piperazine rings is 1. The van der Waals surface area contributed by atoms with E-state index >= 15 is 0 Å². The highest BCUT2D eigenvalue weighted by Gasteiger charge is 2.17. The second kappa shape index (κ2) is 4.06. The number of nitrogens with one attached hydrogen (secondary N) is 1. The molecule has 1 aliphatic rings. The zero-order chi connectivity index (χ0) is 9.97. The van der Waals surface area contributed by atoms with Crippen LogP contribution in [0.2, 0.25) is 0 Å². The van der Waals surface area contributed by atoms with Crippen LogP contribution in [0.15, 0.2) is 4.52 Å². The third-order valence-electron chi connectivity index (χ3n) is 2.38. The Labute approximate surface area is 83.5 Å². The lowest BCUT2D eigenvalue weighted by Crippen LogP contribution is -2.48. The Hall–Kier alpha value is -0.940. The number of rotatable bonds is 2. The van der Waals surface area contributed by atoms with Crippen LogP contribution in [0.1, 0.15) is 18.6 Å². The highest BCUT2D eigenvalue weighted by molar-refractivity contribution is 4.85. The van der Waals surface area contributed by atoms with Gasteiger partial charge in [0.1, 0.15) is 0 Å². The van der Waals surface area contributed by atoms with Crippen molar-refractivity contribution < 1.29 is 4.52 Å². The molecule has 2 heterocycles. The summed E-state index contributed by atoms with van der Waals surface area (Å²) in [6.07, 6.45) is 0. The van der Waals surface area contributed by atoms with Gasteiger partial charge in [0.05, 0.1) is 6.54 Å². The van der Waals surface area contributed by atoms with Gasteiger partial charge >= 0.3 is 0 Å². The number of nitrogens with zero attached hydrogens (tertiary/aromatic N) is 3. The molecule has 1 aromatic heterocycles. The first-order valence-electron chi connectivity index (χ1n) is 4.99. The van der Waals surface area contributed by atoms with Crippen molar-refractivity contribution in [3.63, 3.8) is 0 Å². The minimum absolute atomic E-state index is 0.549.